The van der Waals surface area contributed by atoms with Gasteiger partial charge in [-0.15, -0.1) is 0 Å². The highest BCUT2D eigenvalue weighted by Crippen LogP contribution is 2.07. The molecule has 1 atom stereocenters. The quantitative estimate of drug-likeness (QED) is 0.613. The number of benzene rings is 1. The number of nitrogen functional groups attached to an aromatic ring is 1. The van der Waals surface area contributed by atoms with E-state index in [0.29, 0.717) is 12.5 Å². The number of carbonyl (C=O) groups is 1. The van der Waals surface area contributed by atoms with Crippen molar-refractivity contribution in [3.63, 3.8) is 0 Å². The maximum absolute atomic E-state index is 11.6. The third kappa shape index (κ3) is 5.77. The van der Waals surface area contributed by atoms with E-state index in [9.17, 15) is 4.79 Å². The van der Waals surface area contributed by atoms with E-state index in [1.54, 1.807) is 23.9 Å². The van der Waals surface area contributed by atoms with Crippen LogP contribution in [0, 0.1) is 5.92 Å². The summed E-state index contributed by atoms with van der Waals surface area (Å²) in [5.41, 5.74) is 7.28. The number of nitrogens with two attached hydrogens (primary N) is 1. The lowest BCUT2D eigenvalue weighted by Crippen LogP contribution is -2.27. The molecule has 1 aromatic rings. The van der Waals surface area contributed by atoms with E-state index in [1.165, 1.54) is 0 Å². The highest BCUT2D eigenvalue weighted by atomic mass is 32.2. The van der Waals surface area contributed by atoms with Crippen molar-refractivity contribution in [3.8, 4) is 0 Å². The van der Waals surface area contributed by atoms with Gasteiger partial charge in [-0.3, -0.25) is 4.79 Å². The predicted octanol–water partition coefficient (Wildman–Crippen LogP) is 2.40. The predicted molar refractivity (Wildman–Crippen MR) is 80.4 cm³/mol. The SMILES string of the molecule is CSCC(C)CNC(=O)/C=C/c1ccc(N)cc1. The number of nitrogens with one attached hydrogen (secondary N) is 1. The van der Waals surface area contributed by atoms with Gasteiger partial charge in [0.2, 0.25) is 5.91 Å². The summed E-state index contributed by atoms with van der Waals surface area (Å²) in [6, 6.07) is 7.40. The van der Waals surface area contributed by atoms with Gasteiger partial charge >= 0.3 is 0 Å². The Hall–Kier alpha value is -1.42. The smallest absolute Gasteiger partial charge is 0.244 e. The molecule has 0 spiro atoms. The van der Waals surface area contributed by atoms with E-state index in [1.807, 2.05) is 24.3 Å². The van der Waals surface area contributed by atoms with E-state index in [0.717, 1.165) is 17.0 Å². The van der Waals surface area contributed by atoms with Crippen molar-refractivity contribution in [3.05, 3.63) is 35.9 Å². The molecule has 0 heterocycles. The largest absolute Gasteiger partial charge is 0.399 e. The molecule has 0 aliphatic carbocycles. The first kappa shape index (κ1) is 14.6. The number of anilines is 1. The van der Waals surface area contributed by atoms with Crippen molar-refractivity contribution < 1.29 is 4.79 Å². The van der Waals surface area contributed by atoms with Crippen LogP contribution in [0.5, 0.6) is 0 Å². The molecule has 1 rings (SSSR count). The fraction of sp³-hybridized carbons (Fsp3) is 0.357. The topological polar surface area (TPSA) is 55.1 Å². The van der Waals surface area contributed by atoms with Crippen LogP contribution in [0.3, 0.4) is 0 Å². The van der Waals surface area contributed by atoms with Gasteiger partial charge in [0, 0.05) is 18.3 Å². The summed E-state index contributed by atoms with van der Waals surface area (Å²) in [4.78, 5) is 11.6. The first-order valence-electron chi connectivity index (χ1n) is 5.92. The van der Waals surface area contributed by atoms with E-state index in [4.69, 9.17) is 5.73 Å². The molecule has 0 saturated carbocycles. The molecule has 18 heavy (non-hydrogen) atoms. The van der Waals surface area contributed by atoms with Crippen molar-refractivity contribution in [1.29, 1.82) is 0 Å². The second-order valence-corrected chi connectivity index (χ2v) is 5.22. The van der Waals surface area contributed by atoms with Gasteiger partial charge in [-0.05, 0) is 41.7 Å². The van der Waals surface area contributed by atoms with Crippen LogP contribution in [0.25, 0.3) is 6.08 Å². The average Bonchev–Trinajstić information content (AvgIpc) is 2.36. The first-order chi connectivity index (χ1) is 8.61. The lowest BCUT2D eigenvalue weighted by molar-refractivity contribution is -0.116. The van der Waals surface area contributed by atoms with Crippen LogP contribution in [0.1, 0.15) is 12.5 Å². The molecule has 3 nitrogen and oxygen atoms in total. The molecule has 0 fully saturated rings. The van der Waals surface area contributed by atoms with Crippen LogP contribution >= 0.6 is 11.8 Å². The van der Waals surface area contributed by atoms with Crippen molar-refractivity contribution >= 4 is 29.4 Å². The first-order valence-corrected chi connectivity index (χ1v) is 7.31. The monoisotopic (exact) mass is 264 g/mol. The zero-order valence-electron chi connectivity index (χ0n) is 10.8. The molecule has 0 radical (unpaired) electrons. The molecule has 1 amide bonds. The lowest BCUT2D eigenvalue weighted by atomic mass is 10.2. The fourth-order valence-electron chi connectivity index (χ4n) is 1.46. The summed E-state index contributed by atoms with van der Waals surface area (Å²) in [7, 11) is 0. The molecule has 0 aliphatic rings. The molecule has 4 heteroatoms. The summed E-state index contributed by atoms with van der Waals surface area (Å²) in [6.07, 6.45) is 5.41. The van der Waals surface area contributed by atoms with E-state index < -0.39 is 0 Å². The third-order valence-corrected chi connectivity index (χ3v) is 3.34. The van der Waals surface area contributed by atoms with Crippen molar-refractivity contribution in [2.75, 3.05) is 24.3 Å². The summed E-state index contributed by atoms with van der Waals surface area (Å²) < 4.78 is 0. The van der Waals surface area contributed by atoms with Crippen LogP contribution in [0.4, 0.5) is 5.69 Å². The number of carbonyl (C=O) groups excluding carboxylic acids is 1. The van der Waals surface area contributed by atoms with Crippen LogP contribution in [0.15, 0.2) is 30.3 Å². The molecule has 98 valence electrons. The Morgan fingerprint density at radius 3 is 2.72 bits per heavy atom. The van der Waals surface area contributed by atoms with Gasteiger partial charge in [-0.2, -0.15) is 11.8 Å². The molecule has 0 aromatic heterocycles. The minimum atomic E-state index is -0.0558. The Labute approximate surface area is 113 Å². The van der Waals surface area contributed by atoms with Crippen molar-refractivity contribution in [2.45, 2.75) is 6.92 Å². The van der Waals surface area contributed by atoms with E-state index in [2.05, 4.69) is 18.5 Å². The average molecular weight is 264 g/mol. The Balaban J connectivity index is 2.37. The Kier molecular flexibility index (Phi) is 6.36. The minimum absolute atomic E-state index is 0.0558. The number of thioether (sulfide) groups is 1. The van der Waals surface area contributed by atoms with Crippen LogP contribution < -0.4 is 11.1 Å². The van der Waals surface area contributed by atoms with Gasteiger partial charge in [-0.25, -0.2) is 0 Å². The fourth-order valence-corrected chi connectivity index (χ4v) is 2.14. The zero-order valence-corrected chi connectivity index (χ0v) is 11.7. The number of hydrogen-bond donors (Lipinski definition) is 2. The summed E-state index contributed by atoms with van der Waals surface area (Å²) in [5, 5.41) is 2.89. The van der Waals surface area contributed by atoms with Crippen molar-refractivity contribution in [2.24, 2.45) is 5.92 Å². The Morgan fingerprint density at radius 2 is 2.11 bits per heavy atom. The van der Waals surface area contributed by atoms with Gasteiger partial charge in [0.25, 0.3) is 0 Å². The summed E-state index contributed by atoms with van der Waals surface area (Å²) in [5.74, 6) is 1.50. The molecule has 1 aromatic carbocycles. The highest BCUT2D eigenvalue weighted by Gasteiger charge is 2.02. The standard InChI is InChI=1S/C14H20N2OS/c1-11(10-18-2)9-16-14(17)8-5-12-3-6-13(15)7-4-12/h3-8,11H,9-10,15H2,1-2H3,(H,16,17)/b8-5+. The number of hydrogen-bond acceptors (Lipinski definition) is 3. The van der Waals surface area contributed by atoms with E-state index in [-0.39, 0.29) is 5.91 Å². The van der Waals surface area contributed by atoms with Crippen molar-refractivity contribution in [1.82, 2.24) is 5.32 Å². The summed E-state index contributed by atoms with van der Waals surface area (Å²) in [6.45, 7) is 2.84. The maximum atomic E-state index is 11.6. The highest BCUT2D eigenvalue weighted by molar-refractivity contribution is 7.98. The maximum Gasteiger partial charge on any atom is 0.244 e. The molecule has 0 aliphatic heterocycles. The Bertz CT molecular complexity index is 401. The van der Waals surface area contributed by atoms with Gasteiger partial charge in [0.15, 0.2) is 0 Å². The van der Waals surface area contributed by atoms with Gasteiger partial charge < -0.3 is 11.1 Å². The normalized spacial score (nSPS) is 12.6. The molecular weight excluding hydrogens is 244 g/mol. The van der Waals surface area contributed by atoms with E-state index >= 15 is 0 Å². The number of rotatable bonds is 6. The van der Waals surface area contributed by atoms with Gasteiger partial charge in [0.05, 0.1) is 0 Å². The van der Waals surface area contributed by atoms with Gasteiger partial charge in [0.1, 0.15) is 0 Å². The second kappa shape index (κ2) is 7.82. The minimum Gasteiger partial charge on any atom is -0.399 e. The van der Waals surface area contributed by atoms with Crippen LogP contribution in [0.2, 0.25) is 0 Å². The zero-order chi connectivity index (χ0) is 13.4. The molecule has 0 saturated heterocycles. The van der Waals surface area contributed by atoms with Crippen LogP contribution in [-0.2, 0) is 4.79 Å². The molecule has 0 bridgehead atoms. The Morgan fingerprint density at radius 1 is 1.44 bits per heavy atom. The third-order valence-electron chi connectivity index (χ3n) is 2.44. The van der Waals surface area contributed by atoms with Gasteiger partial charge in [-0.1, -0.05) is 19.1 Å². The van der Waals surface area contributed by atoms with Crippen LogP contribution in [-0.4, -0.2) is 24.5 Å². The molecule has 3 N–H and O–H groups in total. The lowest BCUT2D eigenvalue weighted by Gasteiger charge is -2.09. The molecular formula is C14H20N2OS. The summed E-state index contributed by atoms with van der Waals surface area (Å²) >= 11 is 1.79. The number of amides is 1. The second-order valence-electron chi connectivity index (χ2n) is 4.31. The molecule has 1 unspecified atom stereocenters.